The van der Waals surface area contributed by atoms with Gasteiger partial charge in [-0.1, -0.05) is 13.8 Å². The van der Waals surface area contributed by atoms with Crippen molar-refractivity contribution in [2.45, 2.75) is 26.8 Å². The second-order valence-corrected chi connectivity index (χ2v) is 4.38. The molecule has 0 fully saturated rings. The molecule has 0 bridgehead atoms. The van der Waals surface area contributed by atoms with Gasteiger partial charge in [0.25, 0.3) is 5.91 Å². The van der Waals surface area contributed by atoms with Crippen LogP contribution in [-0.4, -0.2) is 42.0 Å². The van der Waals surface area contributed by atoms with E-state index in [-0.39, 0.29) is 5.91 Å². The van der Waals surface area contributed by atoms with Gasteiger partial charge in [-0.2, -0.15) is 0 Å². The average molecular weight is 264 g/mol. The quantitative estimate of drug-likeness (QED) is 0.687. The zero-order valence-corrected chi connectivity index (χ0v) is 11.9. The number of pyridine rings is 1. The first-order valence-corrected chi connectivity index (χ1v) is 6.86. The van der Waals surface area contributed by atoms with Crippen LogP contribution in [0.15, 0.2) is 18.3 Å². The fraction of sp³-hybridized carbons (Fsp3) is 0.571. The second kappa shape index (κ2) is 8.61. The van der Waals surface area contributed by atoms with E-state index in [1.54, 1.807) is 18.3 Å². The first-order valence-electron chi connectivity index (χ1n) is 6.86. The van der Waals surface area contributed by atoms with Crippen molar-refractivity contribution < 1.29 is 4.79 Å². The van der Waals surface area contributed by atoms with Gasteiger partial charge in [-0.15, -0.1) is 0 Å². The Kier molecular flexibility index (Phi) is 7.07. The van der Waals surface area contributed by atoms with Crippen LogP contribution in [0.5, 0.6) is 0 Å². The third-order valence-corrected chi connectivity index (χ3v) is 3.12. The lowest BCUT2D eigenvalue weighted by Crippen LogP contribution is -2.30. The van der Waals surface area contributed by atoms with E-state index in [1.165, 1.54) is 0 Å². The first kappa shape index (κ1) is 15.6. The van der Waals surface area contributed by atoms with Crippen molar-refractivity contribution in [3.05, 3.63) is 29.6 Å². The Morgan fingerprint density at radius 2 is 2.16 bits per heavy atom. The number of rotatable bonds is 8. The summed E-state index contributed by atoms with van der Waals surface area (Å²) < 4.78 is 0. The van der Waals surface area contributed by atoms with Crippen LogP contribution < -0.4 is 11.1 Å². The van der Waals surface area contributed by atoms with E-state index in [1.807, 2.05) is 0 Å². The highest BCUT2D eigenvalue weighted by Gasteiger charge is 2.06. The van der Waals surface area contributed by atoms with Gasteiger partial charge in [-0.25, -0.2) is 0 Å². The van der Waals surface area contributed by atoms with Crippen LogP contribution in [0.4, 0.5) is 0 Å². The van der Waals surface area contributed by atoms with E-state index in [2.05, 4.69) is 29.0 Å². The zero-order valence-electron chi connectivity index (χ0n) is 11.9. The molecule has 1 rings (SSSR count). The van der Waals surface area contributed by atoms with Gasteiger partial charge in [0.15, 0.2) is 0 Å². The number of amides is 1. The van der Waals surface area contributed by atoms with Crippen LogP contribution in [0.1, 0.15) is 36.3 Å². The highest BCUT2D eigenvalue weighted by atomic mass is 16.1. The lowest BCUT2D eigenvalue weighted by atomic mass is 10.2. The lowest BCUT2D eigenvalue weighted by Gasteiger charge is -2.17. The molecule has 0 aliphatic rings. The number of hydrogen-bond donors (Lipinski definition) is 2. The number of carbonyl (C=O) groups is 1. The summed E-state index contributed by atoms with van der Waals surface area (Å²) in [6.07, 6.45) is 2.58. The van der Waals surface area contributed by atoms with Gasteiger partial charge < -0.3 is 16.0 Å². The summed E-state index contributed by atoms with van der Waals surface area (Å²) in [5.74, 6) is -0.0587. The van der Waals surface area contributed by atoms with E-state index in [4.69, 9.17) is 5.73 Å². The highest BCUT2D eigenvalue weighted by molar-refractivity contribution is 5.94. The number of aromatic nitrogens is 1. The summed E-state index contributed by atoms with van der Waals surface area (Å²) in [6, 6.07) is 3.44. The molecule has 1 amide bonds. The van der Waals surface area contributed by atoms with Crippen LogP contribution >= 0.6 is 0 Å². The topological polar surface area (TPSA) is 71.2 Å². The number of nitrogens with one attached hydrogen (secondary N) is 1. The van der Waals surface area contributed by atoms with E-state index < -0.39 is 0 Å². The summed E-state index contributed by atoms with van der Waals surface area (Å²) in [5, 5.41) is 2.92. The van der Waals surface area contributed by atoms with Gasteiger partial charge in [0.2, 0.25) is 0 Å². The minimum absolute atomic E-state index is 0.0587. The SMILES string of the molecule is CCN(CC)CCCNC(=O)c1ccnc(CN)c1. The van der Waals surface area contributed by atoms with Crippen molar-refractivity contribution >= 4 is 5.91 Å². The molecule has 0 unspecified atom stereocenters. The summed E-state index contributed by atoms with van der Waals surface area (Å²) in [4.78, 5) is 18.3. The Balaban J connectivity index is 2.34. The number of nitrogens with zero attached hydrogens (tertiary/aromatic N) is 2. The Bertz CT molecular complexity index is 391. The smallest absolute Gasteiger partial charge is 0.251 e. The van der Waals surface area contributed by atoms with Crippen molar-refractivity contribution in [3.8, 4) is 0 Å². The third-order valence-electron chi connectivity index (χ3n) is 3.12. The fourth-order valence-corrected chi connectivity index (χ4v) is 1.88. The Morgan fingerprint density at radius 3 is 2.79 bits per heavy atom. The van der Waals surface area contributed by atoms with Gasteiger partial charge in [-0.05, 0) is 38.2 Å². The first-order chi connectivity index (χ1) is 9.21. The van der Waals surface area contributed by atoms with Crippen molar-refractivity contribution in [1.29, 1.82) is 0 Å². The molecule has 1 aromatic heterocycles. The molecule has 0 radical (unpaired) electrons. The maximum Gasteiger partial charge on any atom is 0.251 e. The van der Waals surface area contributed by atoms with Crippen LogP contribution in [0.2, 0.25) is 0 Å². The summed E-state index contributed by atoms with van der Waals surface area (Å²) in [6.45, 7) is 8.44. The summed E-state index contributed by atoms with van der Waals surface area (Å²) in [7, 11) is 0. The predicted molar refractivity (Wildman–Crippen MR) is 76.9 cm³/mol. The van der Waals surface area contributed by atoms with Gasteiger partial charge >= 0.3 is 0 Å². The second-order valence-electron chi connectivity index (χ2n) is 4.38. The molecule has 0 saturated carbocycles. The molecule has 19 heavy (non-hydrogen) atoms. The Labute approximate surface area is 115 Å². The normalized spacial score (nSPS) is 10.7. The molecular formula is C14H24N4O. The molecule has 106 valence electrons. The molecular weight excluding hydrogens is 240 g/mol. The highest BCUT2D eigenvalue weighted by Crippen LogP contribution is 2.01. The lowest BCUT2D eigenvalue weighted by molar-refractivity contribution is 0.0951. The largest absolute Gasteiger partial charge is 0.352 e. The van der Waals surface area contributed by atoms with Crippen molar-refractivity contribution in [2.75, 3.05) is 26.2 Å². The number of hydrogen-bond acceptors (Lipinski definition) is 4. The minimum atomic E-state index is -0.0587. The monoisotopic (exact) mass is 264 g/mol. The molecule has 0 atom stereocenters. The third kappa shape index (κ3) is 5.36. The summed E-state index contributed by atoms with van der Waals surface area (Å²) >= 11 is 0. The van der Waals surface area contributed by atoms with Gasteiger partial charge in [0.05, 0.1) is 5.69 Å². The van der Waals surface area contributed by atoms with Crippen molar-refractivity contribution in [1.82, 2.24) is 15.2 Å². The molecule has 1 heterocycles. The van der Waals surface area contributed by atoms with Crippen LogP contribution in [0, 0.1) is 0 Å². The molecule has 0 aliphatic carbocycles. The van der Waals surface area contributed by atoms with Gasteiger partial charge in [-0.3, -0.25) is 9.78 Å². The molecule has 0 spiro atoms. The molecule has 0 saturated heterocycles. The fourth-order valence-electron chi connectivity index (χ4n) is 1.88. The standard InChI is InChI=1S/C14H24N4O/c1-3-18(4-2)9-5-7-17-14(19)12-6-8-16-13(10-12)11-15/h6,8,10H,3-5,7,9,11,15H2,1-2H3,(H,17,19). The van der Waals surface area contributed by atoms with Gasteiger partial charge in [0.1, 0.15) is 0 Å². The molecule has 5 nitrogen and oxygen atoms in total. The van der Waals surface area contributed by atoms with Gasteiger partial charge in [0, 0.05) is 24.8 Å². The van der Waals surface area contributed by atoms with E-state index >= 15 is 0 Å². The number of carbonyl (C=O) groups excluding carboxylic acids is 1. The molecule has 1 aromatic rings. The minimum Gasteiger partial charge on any atom is -0.352 e. The van der Waals surface area contributed by atoms with Crippen molar-refractivity contribution in [3.63, 3.8) is 0 Å². The molecule has 0 aromatic carbocycles. The van der Waals surface area contributed by atoms with Crippen LogP contribution in [0.25, 0.3) is 0 Å². The molecule has 0 aliphatic heterocycles. The van der Waals surface area contributed by atoms with E-state index in [9.17, 15) is 4.79 Å². The zero-order chi connectivity index (χ0) is 14.1. The van der Waals surface area contributed by atoms with E-state index in [0.29, 0.717) is 18.7 Å². The number of nitrogens with two attached hydrogens (primary N) is 1. The maximum absolute atomic E-state index is 11.9. The average Bonchev–Trinajstić information content (AvgIpc) is 2.47. The maximum atomic E-state index is 11.9. The molecule has 5 heteroatoms. The predicted octanol–water partition coefficient (Wildman–Crippen LogP) is 1.00. The Morgan fingerprint density at radius 1 is 1.42 bits per heavy atom. The van der Waals surface area contributed by atoms with Crippen LogP contribution in [-0.2, 0) is 6.54 Å². The van der Waals surface area contributed by atoms with E-state index in [0.717, 1.165) is 31.7 Å². The van der Waals surface area contributed by atoms with Crippen molar-refractivity contribution in [2.24, 2.45) is 5.73 Å². The molecule has 3 N–H and O–H groups in total. The van der Waals surface area contributed by atoms with Crippen LogP contribution in [0.3, 0.4) is 0 Å². The summed E-state index contributed by atoms with van der Waals surface area (Å²) in [5.41, 5.74) is 6.86. The Hall–Kier alpha value is -1.46.